The molecule has 0 radical (unpaired) electrons. The molecule has 0 aliphatic rings. The number of carbonyl (C=O) groups excluding carboxylic acids is 2. The first-order valence-corrected chi connectivity index (χ1v) is 10.2. The Morgan fingerprint density at radius 2 is 1.62 bits per heavy atom. The molecule has 6 nitrogen and oxygen atoms in total. The predicted molar refractivity (Wildman–Crippen MR) is 118 cm³/mol. The number of amides is 3. The maximum Gasteiger partial charge on any atom is 0.416 e. The van der Waals surface area contributed by atoms with Crippen molar-refractivity contribution in [2.45, 2.75) is 45.5 Å². The monoisotopic (exact) mass is 450 g/mol. The van der Waals surface area contributed by atoms with Gasteiger partial charge in [0.15, 0.2) is 0 Å². The van der Waals surface area contributed by atoms with Crippen LogP contribution in [0.3, 0.4) is 0 Å². The molecule has 0 aromatic heterocycles. The Kier molecular flexibility index (Phi) is 8.26. The van der Waals surface area contributed by atoms with Crippen LogP contribution in [0.5, 0.6) is 0 Å². The maximum absolute atomic E-state index is 13.0. The van der Waals surface area contributed by atoms with E-state index in [0.717, 1.165) is 17.7 Å². The van der Waals surface area contributed by atoms with E-state index < -0.39 is 35.1 Å². The van der Waals surface area contributed by atoms with Gasteiger partial charge in [0.05, 0.1) is 5.56 Å². The van der Waals surface area contributed by atoms with Crippen molar-refractivity contribution >= 4 is 17.6 Å². The summed E-state index contributed by atoms with van der Waals surface area (Å²) in [6.45, 7) is 5.53. The lowest BCUT2D eigenvalue weighted by Crippen LogP contribution is -2.57. The number of rotatable bonds is 7. The lowest BCUT2D eigenvalue weighted by Gasteiger charge is -2.32. The fourth-order valence-corrected chi connectivity index (χ4v) is 3.12. The van der Waals surface area contributed by atoms with Crippen molar-refractivity contribution in [3.63, 3.8) is 0 Å². The summed E-state index contributed by atoms with van der Waals surface area (Å²) in [4.78, 5) is 25.4. The molecule has 9 heteroatoms. The summed E-state index contributed by atoms with van der Waals surface area (Å²) in [6, 6.07) is 11.7. The van der Waals surface area contributed by atoms with E-state index in [1.165, 1.54) is 12.1 Å². The van der Waals surface area contributed by atoms with Gasteiger partial charge < -0.3 is 21.7 Å². The van der Waals surface area contributed by atoms with Crippen molar-refractivity contribution < 1.29 is 22.8 Å². The zero-order valence-electron chi connectivity index (χ0n) is 18.3. The van der Waals surface area contributed by atoms with Crippen LogP contribution in [-0.4, -0.2) is 30.6 Å². The number of hydrogen-bond acceptors (Lipinski definition) is 3. The SMILES string of the molecule is CC(C)(C)[C@H](NC(=O)Nc1cccc(C(F)(F)F)c1)C(=O)NC(CN)Cc1ccccc1. The van der Waals surface area contributed by atoms with E-state index >= 15 is 0 Å². The first-order chi connectivity index (χ1) is 14.9. The first-order valence-electron chi connectivity index (χ1n) is 10.2. The quantitative estimate of drug-likeness (QED) is 0.515. The third-order valence-corrected chi connectivity index (χ3v) is 4.81. The van der Waals surface area contributed by atoms with Crippen LogP contribution in [0, 0.1) is 5.41 Å². The molecule has 5 N–H and O–H groups in total. The molecule has 2 aromatic rings. The van der Waals surface area contributed by atoms with Crippen LogP contribution in [0.15, 0.2) is 54.6 Å². The minimum absolute atomic E-state index is 0.0331. The van der Waals surface area contributed by atoms with E-state index in [-0.39, 0.29) is 18.3 Å². The highest BCUT2D eigenvalue weighted by Crippen LogP contribution is 2.30. The van der Waals surface area contributed by atoms with Crippen LogP contribution >= 0.6 is 0 Å². The summed E-state index contributed by atoms with van der Waals surface area (Å²) in [7, 11) is 0. The van der Waals surface area contributed by atoms with Crippen LogP contribution in [0.25, 0.3) is 0 Å². The second-order valence-corrected chi connectivity index (χ2v) is 8.61. The van der Waals surface area contributed by atoms with Gasteiger partial charge in [-0.05, 0) is 35.6 Å². The Morgan fingerprint density at radius 3 is 2.19 bits per heavy atom. The number of hydrogen-bond donors (Lipinski definition) is 4. The minimum Gasteiger partial charge on any atom is -0.350 e. The Hall–Kier alpha value is -3.07. The van der Waals surface area contributed by atoms with Gasteiger partial charge in [-0.1, -0.05) is 57.2 Å². The molecule has 0 saturated carbocycles. The summed E-state index contributed by atoms with van der Waals surface area (Å²) in [5, 5.41) is 7.80. The van der Waals surface area contributed by atoms with Crippen molar-refractivity contribution in [1.82, 2.24) is 10.6 Å². The summed E-state index contributed by atoms with van der Waals surface area (Å²) in [5.41, 5.74) is 5.25. The molecule has 3 amide bonds. The van der Waals surface area contributed by atoms with Crippen LogP contribution < -0.4 is 21.7 Å². The molecular weight excluding hydrogens is 421 g/mol. The van der Waals surface area contributed by atoms with Gasteiger partial charge >= 0.3 is 12.2 Å². The summed E-state index contributed by atoms with van der Waals surface area (Å²) in [5.74, 6) is -0.428. The Bertz CT molecular complexity index is 911. The van der Waals surface area contributed by atoms with Crippen molar-refractivity contribution in [1.29, 1.82) is 0 Å². The van der Waals surface area contributed by atoms with Crippen molar-refractivity contribution in [2.24, 2.45) is 11.1 Å². The normalized spacial score (nSPS) is 13.7. The molecule has 0 bridgehead atoms. The molecule has 2 atom stereocenters. The zero-order valence-corrected chi connectivity index (χ0v) is 18.3. The second-order valence-electron chi connectivity index (χ2n) is 8.61. The fourth-order valence-electron chi connectivity index (χ4n) is 3.12. The average Bonchev–Trinajstić information content (AvgIpc) is 2.71. The highest BCUT2D eigenvalue weighted by molar-refractivity contribution is 5.94. The van der Waals surface area contributed by atoms with E-state index in [0.29, 0.717) is 6.42 Å². The van der Waals surface area contributed by atoms with E-state index in [2.05, 4.69) is 16.0 Å². The summed E-state index contributed by atoms with van der Waals surface area (Å²) < 4.78 is 38.7. The van der Waals surface area contributed by atoms with Crippen molar-refractivity contribution in [3.05, 3.63) is 65.7 Å². The van der Waals surface area contributed by atoms with Crippen LogP contribution in [0.4, 0.5) is 23.7 Å². The maximum atomic E-state index is 13.0. The molecule has 174 valence electrons. The number of halogens is 3. The van der Waals surface area contributed by atoms with Gasteiger partial charge in [0.2, 0.25) is 5.91 Å². The topological polar surface area (TPSA) is 96.2 Å². The number of carbonyl (C=O) groups is 2. The van der Waals surface area contributed by atoms with Crippen LogP contribution in [0.1, 0.15) is 31.9 Å². The van der Waals surface area contributed by atoms with Crippen molar-refractivity contribution in [3.8, 4) is 0 Å². The number of urea groups is 1. The molecule has 0 aliphatic carbocycles. The van der Waals surface area contributed by atoms with Gasteiger partial charge in [-0.3, -0.25) is 4.79 Å². The zero-order chi connectivity index (χ0) is 23.9. The molecule has 0 aliphatic heterocycles. The smallest absolute Gasteiger partial charge is 0.350 e. The van der Waals surface area contributed by atoms with Gasteiger partial charge in [-0.25, -0.2) is 4.79 Å². The van der Waals surface area contributed by atoms with E-state index in [1.54, 1.807) is 20.8 Å². The Morgan fingerprint density at radius 1 is 0.969 bits per heavy atom. The standard InChI is InChI=1S/C23H29F3N4O2/c1-22(2,3)19(20(31)28-18(14-27)12-15-8-5-4-6-9-15)30-21(32)29-17-11-7-10-16(13-17)23(24,25)26/h4-11,13,18-19H,12,14,27H2,1-3H3,(H,28,31)(H2,29,30,32)/t18?,19-/m1/s1. The molecule has 0 saturated heterocycles. The number of anilines is 1. The number of nitrogens with one attached hydrogen (secondary N) is 3. The first kappa shape index (κ1) is 25.2. The number of benzene rings is 2. The second kappa shape index (κ2) is 10.5. The Labute approximate surface area is 185 Å². The van der Waals surface area contributed by atoms with Gasteiger partial charge in [-0.2, -0.15) is 13.2 Å². The number of alkyl halides is 3. The molecule has 32 heavy (non-hydrogen) atoms. The highest BCUT2D eigenvalue weighted by atomic mass is 19.4. The Balaban J connectivity index is 2.07. The lowest BCUT2D eigenvalue weighted by molar-refractivity contribution is -0.137. The molecular formula is C23H29F3N4O2. The molecule has 2 rings (SSSR count). The van der Waals surface area contributed by atoms with Gasteiger partial charge in [0.1, 0.15) is 6.04 Å². The largest absolute Gasteiger partial charge is 0.416 e. The molecule has 0 heterocycles. The van der Waals surface area contributed by atoms with Crippen molar-refractivity contribution in [2.75, 3.05) is 11.9 Å². The predicted octanol–water partition coefficient (Wildman–Crippen LogP) is 3.93. The van der Waals surface area contributed by atoms with E-state index in [9.17, 15) is 22.8 Å². The molecule has 0 fully saturated rings. The summed E-state index contributed by atoms with van der Waals surface area (Å²) >= 11 is 0. The molecule has 1 unspecified atom stereocenters. The van der Waals surface area contributed by atoms with E-state index in [1.807, 2.05) is 30.3 Å². The third-order valence-electron chi connectivity index (χ3n) is 4.81. The van der Waals surface area contributed by atoms with Crippen LogP contribution in [-0.2, 0) is 17.4 Å². The average molecular weight is 451 g/mol. The lowest BCUT2D eigenvalue weighted by atomic mass is 9.86. The third kappa shape index (κ3) is 7.56. The fraction of sp³-hybridized carbons (Fsp3) is 0.391. The molecule has 2 aromatic carbocycles. The molecule has 0 spiro atoms. The summed E-state index contributed by atoms with van der Waals surface area (Å²) in [6.07, 6.45) is -4.01. The van der Waals surface area contributed by atoms with E-state index in [4.69, 9.17) is 5.73 Å². The van der Waals surface area contributed by atoms with Gasteiger partial charge in [0.25, 0.3) is 0 Å². The highest BCUT2D eigenvalue weighted by Gasteiger charge is 2.34. The van der Waals surface area contributed by atoms with Crippen LogP contribution in [0.2, 0.25) is 0 Å². The van der Waals surface area contributed by atoms with Gasteiger partial charge in [0, 0.05) is 18.3 Å². The van der Waals surface area contributed by atoms with Gasteiger partial charge in [-0.15, -0.1) is 0 Å². The number of nitrogens with two attached hydrogens (primary N) is 1. The minimum atomic E-state index is -4.53.